The molecule has 0 fully saturated rings. The van der Waals surface area contributed by atoms with Crippen LogP contribution < -0.4 is 9.88 Å². The van der Waals surface area contributed by atoms with Gasteiger partial charge in [0.1, 0.15) is 11.0 Å². The van der Waals surface area contributed by atoms with Crippen LogP contribution in [0.4, 0.5) is 11.6 Å². The molecular formula is C16H18N3+. The van der Waals surface area contributed by atoms with Crippen LogP contribution in [0.2, 0.25) is 0 Å². The number of benzene rings is 2. The van der Waals surface area contributed by atoms with Crippen LogP contribution in [0.1, 0.15) is 13.3 Å². The molecule has 0 aliphatic rings. The normalized spacial score (nSPS) is 10.8. The number of hydrogen-bond acceptors (Lipinski definition) is 1. The molecule has 1 aromatic heterocycles. The van der Waals surface area contributed by atoms with Gasteiger partial charge in [-0.3, -0.25) is 0 Å². The van der Waals surface area contributed by atoms with Gasteiger partial charge in [0.2, 0.25) is 0 Å². The fourth-order valence-corrected chi connectivity index (χ4v) is 2.34. The monoisotopic (exact) mass is 252 g/mol. The second-order valence-corrected chi connectivity index (χ2v) is 4.63. The lowest BCUT2D eigenvalue weighted by Gasteiger charge is -2.02. The quantitative estimate of drug-likeness (QED) is 0.683. The Balaban J connectivity index is 2.04. The molecule has 0 atom stereocenters. The van der Waals surface area contributed by atoms with Crippen LogP contribution in [0.15, 0.2) is 54.6 Å². The summed E-state index contributed by atoms with van der Waals surface area (Å²) in [7, 11) is 0. The minimum absolute atomic E-state index is 0.999. The van der Waals surface area contributed by atoms with E-state index in [0.717, 1.165) is 30.1 Å². The molecule has 0 unspecified atom stereocenters. The van der Waals surface area contributed by atoms with Crippen LogP contribution in [-0.4, -0.2) is 4.98 Å². The first-order valence-corrected chi connectivity index (χ1v) is 6.71. The minimum Gasteiger partial charge on any atom is -0.245 e. The number of nitrogens with zero attached hydrogens (tertiary/aromatic N) is 1. The van der Waals surface area contributed by atoms with Crippen LogP contribution in [0.25, 0.3) is 11.0 Å². The number of anilines is 2. The fraction of sp³-hybridized carbons (Fsp3) is 0.188. The number of aromatic amines is 1. The van der Waals surface area contributed by atoms with Crippen LogP contribution >= 0.6 is 0 Å². The molecule has 0 bridgehead atoms. The Labute approximate surface area is 112 Å². The molecule has 1 heterocycles. The van der Waals surface area contributed by atoms with Crippen molar-refractivity contribution in [3.8, 4) is 0 Å². The van der Waals surface area contributed by atoms with Crippen molar-refractivity contribution in [2.24, 2.45) is 0 Å². The van der Waals surface area contributed by atoms with E-state index in [-0.39, 0.29) is 0 Å². The minimum atomic E-state index is 0.999. The molecule has 0 amide bonds. The summed E-state index contributed by atoms with van der Waals surface area (Å²) >= 11 is 0. The molecule has 96 valence electrons. The number of aromatic nitrogens is 2. The van der Waals surface area contributed by atoms with Crippen LogP contribution in [0, 0.1) is 0 Å². The second kappa shape index (κ2) is 5.14. The smallest absolute Gasteiger partial charge is 0.245 e. The van der Waals surface area contributed by atoms with Crippen molar-refractivity contribution in [2.45, 2.75) is 19.9 Å². The van der Waals surface area contributed by atoms with E-state index in [0.29, 0.717) is 0 Å². The highest BCUT2D eigenvalue weighted by atomic mass is 15.2. The fourth-order valence-electron chi connectivity index (χ4n) is 2.34. The molecule has 2 aromatic carbocycles. The molecule has 3 rings (SSSR count). The van der Waals surface area contributed by atoms with Crippen molar-refractivity contribution in [1.82, 2.24) is 4.98 Å². The van der Waals surface area contributed by atoms with Crippen LogP contribution in [-0.2, 0) is 6.54 Å². The van der Waals surface area contributed by atoms with E-state index < -0.39 is 0 Å². The van der Waals surface area contributed by atoms with Gasteiger partial charge in [-0.25, -0.2) is 14.9 Å². The topological polar surface area (TPSA) is 31.7 Å². The van der Waals surface area contributed by atoms with Crippen molar-refractivity contribution in [3.05, 3.63) is 54.6 Å². The van der Waals surface area contributed by atoms with E-state index in [2.05, 4.69) is 58.2 Å². The highest BCUT2D eigenvalue weighted by Crippen LogP contribution is 2.16. The Morgan fingerprint density at radius 2 is 1.74 bits per heavy atom. The number of rotatable bonds is 4. The zero-order valence-corrected chi connectivity index (χ0v) is 11.1. The van der Waals surface area contributed by atoms with Crippen LogP contribution in [0.3, 0.4) is 0 Å². The third-order valence-corrected chi connectivity index (χ3v) is 3.20. The van der Waals surface area contributed by atoms with Crippen molar-refractivity contribution in [1.29, 1.82) is 0 Å². The predicted molar refractivity (Wildman–Crippen MR) is 78.5 cm³/mol. The summed E-state index contributed by atoms with van der Waals surface area (Å²) in [5.41, 5.74) is 3.50. The van der Waals surface area contributed by atoms with E-state index in [4.69, 9.17) is 0 Å². The summed E-state index contributed by atoms with van der Waals surface area (Å²) in [5.74, 6) is 1.04. The Hall–Kier alpha value is -2.29. The number of aryl methyl sites for hydroxylation is 1. The first-order valence-electron chi connectivity index (χ1n) is 6.71. The molecule has 3 heteroatoms. The largest absolute Gasteiger partial charge is 0.360 e. The first kappa shape index (κ1) is 11.8. The maximum Gasteiger partial charge on any atom is 0.360 e. The lowest BCUT2D eigenvalue weighted by atomic mass is 10.3. The zero-order chi connectivity index (χ0) is 13.1. The average molecular weight is 252 g/mol. The number of nitrogens with one attached hydrogen (secondary N) is 2. The first-order chi connectivity index (χ1) is 9.38. The number of fused-ring (bicyclic) bond motifs is 1. The van der Waals surface area contributed by atoms with E-state index in [1.807, 2.05) is 18.2 Å². The third kappa shape index (κ3) is 2.32. The molecule has 2 N–H and O–H groups in total. The number of hydrogen-bond donors (Lipinski definition) is 2. The number of imidazole rings is 1. The Morgan fingerprint density at radius 3 is 2.53 bits per heavy atom. The third-order valence-electron chi connectivity index (χ3n) is 3.20. The summed E-state index contributed by atoms with van der Waals surface area (Å²) in [5, 5.41) is 3.45. The number of para-hydroxylation sites is 3. The molecular weight excluding hydrogens is 234 g/mol. The Morgan fingerprint density at radius 1 is 1.00 bits per heavy atom. The van der Waals surface area contributed by atoms with Crippen molar-refractivity contribution in [2.75, 3.05) is 5.32 Å². The molecule has 0 saturated heterocycles. The van der Waals surface area contributed by atoms with Gasteiger partial charge in [-0.15, -0.1) is 0 Å². The summed E-state index contributed by atoms with van der Waals surface area (Å²) in [6.45, 7) is 3.19. The van der Waals surface area contributed by atoms with Gasteiger partial charge in [0.15, 0.2) is 0 Å². The van der Waals surface area contributed by atoms with Gasteiger partial charge in [-0.05, 0) is 30.7 Å². The van der Waals surface area contributed by atoms with Gasteiger partial charge in [-0.2, -0.15) is 0 Å². The summed E-state index contributed by atoms with van der Waals surface area (Å²) in [4.78, 5) is 3.45. The molecule has 3 nitrogen and oxygen atoms in total. The van der Waals surface area contributed by atoms with E-state index >= 15 is 0 Å². The molecule has 0 aliphatic heterocycles. The second-order valence-electron chi connectivity index (χ2n) is 4.63. The van der Waals surface area contributed by atoms with Crippen molar-refractivity contribution < 1.29 is 4.57 Å². The summed E-state index contributed by atoms with van der Waals surface area (Å²) < 4.78 is 2.29. The van der Waals surface area contributed by atoms with Gasteiger partial charge in [0.05, 0.1) is 12.2 Å². The molecule has 0 saturated carbocycles. The molecule has 0 radical (unpaired) electrons. The lowest BCUT2D eigenvalue weighted by molar-refractivity contribution is -0.656. The molecule has 3 aromatic rings. The predicted octanol–water partition coefficient (Wildman–Crippen LogP) is 3.61. The average Bonchev–Trinajstić information content (AvgIpc) is 2.79. The summed E-state index contributed by atoms with van der Waals surface area (Å²) in [6, 6.07) is 18.6. The van der Waals surface area contributed by atoms with E-state index in [1.165, 1.54) is 5.52 Å². The van der Waals surface area contributed by atoms with Crippen LogP contribution in [0.5, 0.6) is 0 Å². The standard InChI is InChI=1S/C16H17N3/c1-2-12-19-15-11-7-6-10-14(15)18-16(19)17-13-8-4-3-5-9-13/h3-11H,2,12H2,1H3,(H,17,18)/p+1. The maximum absolute atomic E-state index is 3.45. The lowest BCUT2D eigenvalue weighted by Crippen LogP contribution is -2.35. The Kier molecular flexibility index (Phi) is 3.19. The SMILES string of the molecule is CCC[n+]1c(Nc2ccccc2)[nH]c2ccccc21. The van der Waals surface area contributed by atoms with Gasteiger partial charge in [0.25, 0.3) is 0 Å². The number of H-pyrrole nitrogens is 1. The maximum atomic E-state index is 3.45. The van der Waals surface area contributed by atoms with Gasteiger partial charge in [-0.1, -0.05) is 37.3 Å². The summed E-state index contributed by atoms with van der Waals surface area (Å²) in [6.07, 6.45) is 1.11. The van der Waals surface area contributed by atoms with Crippen molar-refractivity contribution in [3.63, 3.8) is 0 Å². The Bertz CT molecular complexity index is 671. The highest BCUT2D eigenvalue weighted by molar-refractivity contribution is 5.73. The van der Waals surface area contributed by atoms with E-state index in [1.54, 1.807) is 0 Å². The zero-order valence-electron chi connectivity index (χ0n) is 11.1. The van der Waals surface area contributed by atoms with Gasteiger partial charge < -0.3 is 0 Å². The highest BCUT2D eigenvalue weighted by Gasteiger charge is 2.16. The van der Waals surface area contributed by atoms with Crippen molar-refractivity contribution >= 4 is 22.7 Å². The molecule has 0 spiro atoms. The van der Waals surface area contributed by atoms with Gasteiger partial charge in [0, 0.05) is 0 Å². The molecule has 0 aliphatic carbocycles. The van der Waals surface area contributed by atoms with E-state index in [9.17, 15) is 0 Å². The molecule has 19 heavy (non-hydrogen) atoms. The van der Waals surface area contributed by atoms with Gasteiger partial charge >= 0.3 is 5.95 Å².